The molecule has 0 radical (unpaired) electrons. The average molecular weight is 358 g/mol. The molecular formula is C21H22N6. The Kier molecular flexibility index (Phi) is 3.98. The van der Waals surface area contributed by atoms with Gasteiger partial charge in [-0.25, -0.2) is 9.50 Å². The van der Waals surface area contributed by atoms with E-state index in [2.05, 4.69) is 50.7 Å². The van der Waals surface area contributed by atoms with Crippen LogP contribution in [0.15, 0.2) is 55.0 Å². The minimum absolute atomic E-state index is 0.343. The van der Waals surface area contributed by atoms with Gasteiger partial charge in [0.1, 0.15) is 0 Å². The molecule has 136 valence electrons. The normalized spacial score (nSPS) is 20.2. The number of hydrogen-bond acceptors (Lipinski definition) is 5. The number of rotatable bonds is 3. The van der Waals surface area contributed by atoms with Crippen molar-refractivity contribution in [1.82, 2.24) is 19.6 Å². The van der Waals surface area contributed by atoms with Crippen LogP contribution in [0.3, 0.4) is 0 Å². The van der Waals surface area contributed by atoms with Crippen molar-refractivity contribution in [2.75, 3.05) is 5.32 Å². The van der Waals surface area contributed by atoms with Gasteiger partial charge in [0.2, 0.25) is 5.95 Å². The third kappa shape index (κ3) is 3.13. The van der Waals surface area contributed by atoms with Gasteiger partial charge in [0.25, 0.3) is 0 Å². The maximum Gasteiger partial charge on any atom is 0.241 e. The first-order chi connectivity index (χ1) is 13.3. The highest BCUT2D eigenvalue weighted by Gasteiger charge is 2.19. The number of fused-ring (bicyclic) bond motifs is 2. The van der Waals surface area contributed by atoms with E-state index in [1.54, 1.807) is 0 Å². The number of anilines is 1. The molecule has 3 N–H and O–H groups in total. The summed E-state index contributed by atoms with van der Waals surface area (Å²) >= 11 is 0. The SMILES string of the molecule is N[C@H]1CC[C@H](Nc2ncc3c(-c4ccc5ncccc5c4)ccn3n2)CC1. The number of nitrogens with zero attached hydrogens (tertiary/aromatic N) is 4. The predicted molar refractivity (Wildman–Crippen MR) is 108 cm³/mol. The molecule has 0 spiro atoms. The van der Waals surface area contributed by atoms with Gasteiger partial charge >= 0.3 is 0 Å². The van der Waals surface area contributed by atoms with Gasteiger partial charge in [-0.05, 0) is 55.5 Å². The predicted octanol–water partition coefficient (Wildman–Crippen LogP) is 3.63. The molecule has 3 heterocycles. The minimum atomic E-state index is 0.343. The summed E-state index contributed by atoms with van der Waals surface area (Å²) in [6.07, 6.45) is 9.97. The first kappa shape index (κ1) is 16.2. The molecule has 0 aliphatic heterocycles. The Morgan fingerprint density at radius 3 is 2.81 bits per heavy atom. The third-order valence-electron chi connectivity index (χ3n) is 5.44. The van der Waals surface area contributed by atoms with Crippen LogP contribution in [-0.4, -0.2) is 31.7 Å². The molecule has 1 aromatic carbocycles. The Labute approximate surface area is 157 Å². The third-order valence-corrected chi connectivity index (χ3v) is 5.44. The van der Waals surface area contributed by atoms with Crippen molar-refractivity contribution in [3.8, 4) is 11.1 Å². The lowest BCUT2D eigenvalue weighted by Crippen LogP contribution is -2.33. The summed E-state index contributed by atoms with van der Waals surface area (Å²) in [5, 5.41) is 9.24. The van der Waals surface area contributed by atoms with Gasteiger partial charge in [0.05, 0.1) is 17.2 Å². The smallest absolute Gasteiger partial charge is 0.241 e. The van der Waals surface area contributed by atoms with Crippen molar-refractivity contribution in [3.05, 3.63) is 55.0 Å². The van der Waals surface area contributed by atoms with Gasteiger partial charge in [-0.15, -0.1) is 5.10 Å². The van der Waals surface area contributed by atoms with Crippen molar-refractivity contribution in [1.29, 1.82) is 0 Å². The number of nitrogens with two attached hydrogens (primary N) is 1. The molecule has 1 fully saturated rings. The lowest BCUT2D eigenvalue weighted by atomic mass is 9.92. The zero-order valence-corrected chi connectivity index (χ0v) is 15.0. The Morgan fingerprint density at radius 2 is 1.93 bits per heavy atom. The first-order valence-corrected chi connectivity index (χ1v) is 9.48. The highest BCUT2D eigenvalue weighted by Crippen LogP contribution is 2.28. The van der Waals surface area contributed by atoms with Gasteiger partial charge in [-0.1, -0.05) is 12.1 Å². The number of hydrogen-bond donors (Lipinski definition) is 2. The van der Waals surface area contributed by atoms with E-state index >= 15 is 0 Å². The summed E-state index contributed by atoms with van der Waals surface area (Å²) in [6, 6.07) is 13.2. The van der Waals surface area contributed by atoms with Crippen molar-refractivity contribution in [2.24, 2.45) is 5.73 Å². The summed E-state index contributed by atoms with van der Waals surface area (Å²) < 4.78 is 1.90. The Hall–Kier alpha value is -2.99. The Bertz CT molecular complexity index is 1090. The van der Waals surface area contributed by atoms with E-state index in [1.165, 1.54) is 0 Å². The van der Waals surface area contributed by atoms with E-state index in [4.69, 9.17) is 5.73 Å². The average Bonchev–Trinajstić information content (AvgIpc) is 3.12. The van der Waals surface area contributed by atoms with Gasteiger partial charge in [0.15, 0.2) is 0 Å². The standard InChI is InChI=1S/C21H22N6/c22-16-4-6-17(7-5-16)25-21-24-13-20-18(9-11-27(20)26-21)14-3-8-19-15(12-14)2-1-10-23-19/h1-3,8-13,16-17H,4-7,22H2,(H,25,26)/t16-,17-. The summed E-state index contributed by atoms with van der Waals surface area (Å²) in [5.41, 5.74) is 10.2. The van der Waals surface area contributed by atoms with Gasteiger partial charge < -0.3 is 11.1 Å². The molecule has 0 amide bonds. The molecule has 6 heteroatoms. The highest BCUT2D eigenvalue weighted by atomic mass is 15.3. The van der Waals surface area contributed by atoms with Crippen LogP contribution in [0.5, 0.6) is 0 Å². The molecule has 1 saturated carbocycles. The molecule has 0 saturated heterocycles. The largest absolute Gasteiger partial charge is 0.350 e. The molecule has 4 aromatic rings. The molecule has 5 rings (SSSR count). The van der Waals surface area contributed by atoms with E-state index in [0.29, 0.717) is 18.0 Å². The zero-order valence-electron chi connectivity index (χ0n) is 15.0. The monoisotopic (exact) mass is 358 g/mol. The molecule has 27 heavy (non-hydrogen) atoms. The van der Waals surface area contributed by atoms with Gasteiger partial charge in [0, 0.05) is 35.4 Å². The van der Waals surface area contributed by atoms with E-state index < -0.39 is 0 Å². The van der Waals surface area contributed by atoms with Crippen LogP contribution in [0, 0.1) is 0 Å². The van der Waals surface area contributed by atoms with E-state index in [1.807, 2.05) is 29.2 Å². The Morgan fingerprint density at radius 1 is 1.04 bits per heavy atom. The molecule has 0 bridgehead atoms. The molecular weight excluding hydrogens is 336 g/mol. The fourth-order valence-corrected chi connectivity index (χ4v) is 3.90. The summed E-state index contributed by atoms with van der Waals surface area (Å²) in [5.74, 6) is 0.674. The number of pyridine rings is 1. The second-order valence-electron chi connectivity index (χ2n) is 7.31. The maximum absolute atomic E-state index is 5.99. The molecule has 1 aliphatic rings. The van der Waals surface area contributed by atoms with Crippen LogP contribution in [0.25, 0.3) is 27.5 Å². The van der Waals surface area contributed by atoms with Crippen molar-refractivity contribution in [3.63, 3.8) is 0 Å². The number of benzene rings is 1. The highest BCUT2D eigenvalue weighted by molar-refractivity contribution is 5.88. The second-order valence-corrected chi connectivity index (χ2v) is 7.31. The van der Waals surface area contributed by atoms with Crippen LogP contribution >= 0.6 is 0 Å². The maximum atomic E-state index is 5.99. The van der Waals surface area contributed by atoms with Crippen molar-refractivity contribution >= 4 is 22.4 Å². The Balaban J connectivity index is 1.44. The fraction of sp³-hybridized carbons (Fsp3) is 0.286. The van der Waals surface area contributed by atoms with Crippen LogP contribution < -0.4 is 11.1 Å². The topological polar surface area (TPSA) is 81.1 Å². The van der Waals surface area contributed by atoms with Crippen LogP contribution in [-0.2, 0) is 0 Å². The van der Waals surface area contributed by atoms with E-state index in [-0.39, 0.29) is 0 Å². The quantitative estimate of drug-likeness (QED) is 0.584. The lowest BCUT2D eigenvalue weighted by Gasteiger charge is -2.26. The molecule has 0 atom stereocenters. The molecule has 1 aliphatic carbocycles. The first-order valence-electron chi connectivity index (χ1n) is 9.48. The second kappa shape index (κ2) is 6.63. The summed E-state index contributed by atoms with van der Waals surface area (Å²) in [4.78, 5) is 8.95. The van der Waals surface area contributed by atoms with E-state index in [0.717, 1.165) is 53.2 Å². The fourth-order valence-electron chi connectivity index (χ4n) is 3.90. The summed E-state index contributed by atoms with van der Waals surface area (Å²) in [7, 11) is 0. The van der Waals surface area contributed by atoms with Gasteiger partial charge in [-0.2, -0.15) is 0 Å². The van der Waals surface area contributed by atoms with Crippen molar-refractivity contribution < 1.29 is 0 Å². The van der Waals surface area contributed by atoms with Gasteiger partial charge in [-0.3, -0.25) is 4.98 Å². The van der Waals surface area contributed by atoms with E-state index in [9.17, 15) is 0 Å². The number of nitrogens with one attached hydrogen (secondary N) is 1. The minimum Gasteiger partial charge on any atom is -0.350 e. The summed E-state index contributed by atoms with van der Waals surface area (Å²) in [6.45, 7) is 0. The van der Waals surface area contributed by atoms with Crippen LogP contribution in [0.2, 0.25) is 0 Å². The molecule has 3 aromatic heterocycles. The zero-order chi connectivity index (χ0) is 18.2. The van der Waals surface area contributed by atoms with Crippen molar-refractivity contribution in [2.45, 2.75) is 37.8 Å². The molecule has 6 nitrogen and oxygen atoms in total. The number of aromatic nitrogens is 4. The van der Waals surface area contributed by atoms with Crippen LogP contribution in [0.4, 0.5) is 5.95 Å². The van der Waals surface area contributed by atoms with Crippen LogP contribution in [0.1, 0.15) is 25.7 Å². The molecule has 0 unspecified atom stereocenters. The lowest BCUT2D eigenvalue weighted by molar-refractivity contribution is 0.409.